The minimum atomic E-state index is -0.662. The molecule has 0 aromatic heterocycles. The molecule has 0 unspecified atom stereocenters. The Hall–Kier alpha value is -0.570. The zero-order valence-electron chi connectivity index (χ0n) is 9.79. The number of nitrogens with zero attached hydrogens (tertiary/aromatic N) is 1. The highest BCUT2D eigenvalue weighted by molar-refractivity contribution is 5.71. The fraction of sp³-hybridized carbons (Fsp3) is 0.909. The second kappa shape index (κ2) is 3.23. The Labute approximate surface area is 86.1 Å². The summed E-state index contributed by atoms with van der Waals surface area (Å²) in [5, 5.41) is 9.00. The quantitative estimate of drug-likeness (QED) is 0.702. The average molecular weight is 199 g/mol. The zero-order valence-corrected chi connectivity index (χ0v) is 9.79. The highest BCUT2D eigenvalue weighted by Crippen LogP contribution is 2.37. The third-order valence-electron chi connectivity index (χ3n) is 3.04. The van der Waals surface area contributed by atoms with Crippen LogP contribution in [-0.2, 0) is 4.79 Å². The highest BCUT2D eigenvalue weighted by Gasteiger charge is 2.45. The number of hydrogen-bond donors (Lipinski definition) is 1. The van der Waals surface area contributed by atoms with E-state index < -0.39 is 5.97 Å². The number of aliphatic carboxylic acids is 1. The maximum absolute atomic E-state index is 10.9. The Morgan fingerprint density at radius 1 is 1.43 bits per heavy atom. The van der Waals surface area contributed by atoms with E-state index in [4.69, 9.17) is 5.11 Å². The minimum Gasteiger partial charge on any atom is -0.481 e. The molecule has 0 bridgehead atoms. The maximum atomic E-state index is 10.9. The Morgan fingerprint density at radius 3 is 2.14 bits per heavy atom. The second-order valence-corrected chi connectivity index (χ2v) is 5.83. The van der Waals surface area contributed by atoms with Crippen LogP contribution >= 0.6 is 0 Å². The number of hydrogen-bond acceptors (Lipinski definition) is 2. The summed E-state index contributed by atoms with van der Waals surface area (Å²) >= 11 is 0. The van der Waals surface area contributed by atoms with Crippen molar-refractivity contribution < 1.29 is 9.90 Å². The van der Waals surface area contributed by atoms with E-state index in [1.165, 1.54) is 0 Å². The van der Waals surface area contributed by atoms with Gasteiger partial charge < -0.3 is 5.11 Å². The van der Waals surface area contributed by atoms with Crippen LogP contribution in [0.4, 0.5) is 0 Å². The van der Waals surface area contributed by atoms with Gasteiger partial charge in [0.25, 0.3) is 0 Å². The van der Waals surface area contributed by atoms with E-state index in [0.717, 1.165) is 6.42 Å². The molecule has 0 aromatic carbocycles. The lowest BCUT2D eigenvalue weighted by Gasteiger charge is -2.42. The molecule has 0 aliphatic carbocycles. The zero-order chi connectivity index (χ0) is 11.1. The van der Waals surface area contributed by atoms with E-state index >= 15 is 0 Å². The van der Waals surface area contributed by atoms with Gasteiger partial charge in [-0.15, -0.1) is 0 Å². The first kappa shape index (κ1) is 11.5. The van der Waals surface area contributed by atoms with Gasteiger partial charge >= 0.3 is 5.97 Å². The predicted octanol–water partition coefficient (Wildman–Crippen LogP) is 1.97. The van der Waals surface area contributed by atoms with Crippen molar-refractivity contribution in [1.29, 1.82) is 0 Å². The van der Waals surface area contributed by atoms with Crippen LogP contribution in [-0.4, -0.2) is 33.6 Å². The summed E-state index contributed by atoms with van der Waals surface area (Å²) in [5.74, 6) is -0.867. The van der Waals surface area contributed by atoms with Gasteiger partial charge in [-0.1, -0.05) is 0 Å². The number of carbonyl (C=O) groups is 1. The van der Waals surface area contributed by atoms with E-state index in [0.29, 0.717) is 6.54 Å². The van der Waals surface area contributed by atoms with Crippen molar-refractivity contribution in [2.24, 2.45) is 5.92 Å². The molecule has 1 rings (SSSR count). The minimum absolute atomic E-state index is 0.00130. The molecule has 14 heavy (non-hydrogen) atoms. The first-order valence-corrected chi connectivity index (χ1v) is 5.15. The molecule has 3 nitrogen and oxygen atoms in total. The van der Waals surface area contributed by atoms with E-state index in [2.05, 4.69) is 39.5 Å². The van der Waals surface area contributed by atoms with Crippen LogP contribution in [0.15, 0.2) is 0 Å². The van der Waals surface area contributed by atoms with Crippen LogP contribution in [0.2, 0.25) is 0 Å². The normalized spacial score (nSPS) is 27.9. The Kier molecular flexibility index (Phi) is 2.65. The van der Waals surface area contributed by atoms with Crippen molar-refractivity contribution in [1.82, 2.24) is 4.90 Å². The topological polar surface area (TPSA) is 40.5 Å². The molecule has 1 N–H and O–H groups in total. The lowest BCUT2D eigenvalue weighted by Crippen LogP contribution is -2.50. The third-order valence-corrected chi connectivity index (χ3v) is 3.04. The summed E-state index contributed by atoms with van der Waals surface area (Å²) in [5.41, 5.74) is 0.0506. The van der Waals surface area contributed by atoms with Gasteiger partial charge in [0.2, 0.25) is 0 Å². The van der Waals surface area contributed by atoms with Crippen LogP contribution < -0.4 is 0 Å². The van der Waals surface area contributed by atoms with Gasteiger partial charge in [-0.05, 0) is 41.0 Å². The molecule has 1 atom stereocenters. The van der Waals surface area contributed by atoms with E-state index in [1.807, 2.05) is 0 Å². The molecular weight excluding hydrogens is 178 g/mol. The molecule has 0 radical (unpaired) electrons. The molecule has 1 aliphatic rings. The lowest BCUT2D eigenvalue weighted by atomic mass is 9.94. The molecule has 3 heteroatoms. The van der Waals surface area contributed by atoms with Crippen molar-refractivity contribution in [2.45, 2.75) is 52.1 Å². The van der Waals surface area contributed by atoms with E-state index in [9.17, 15) is 4.79 Å². The molecule has 0 aromatic rings. The van der Waals surface area contributed by atoms with Crippen LogP contribution in [0, 0.1) is 5.92 Å². The molecule has 82 valence electrons. The first-order valence-electron chi connectivity index (χ1n) is 5.15. The van der Waals surface area contributed by atoms with Gasteiger partial charge in [0, 0.05) is 17.6 Å². The summed E-state index contributed by atoms with van der Waals surface area (Å²) in [6, 6.07) is 0. The van der Waals surface area contributed by atoms with E-state index in [-0.39, 0.29) is 17.0 Å². The van der Waals surface area contributed by atoms with Crippen molar-refractivity contribution in [2.75, 3.05) is 6.54 Å². The second-order valence-electron chi connectivity index (χ2n) is 5.83. The van der Waals surface area contributed by atoms with Crippen LogP contribution in [0.1, 0.15) is 41.0 Å². The third kappa shape index (κ3) is 2.08. The lowest BCUT2D eigenvalue weighted by molar-refractivity contribution is -0.141. The standard InChI is InChI=1S/C11H21NO2/c1-10(2,3)12-7-8(9(13)14)6-11(12,4)5/h8H,6-7H2,1-5H3,(H,13,14)/t8-/m0/s1. The molecule has 1 aliphatic heterocycles. The first-order chi connectivity index (χ1) is 6.14. The summed E-state index contributed by atoms with van der Waals surface area (Å²) in [6.45, 7) is 11.3. The van der Waals surface area contributed by atoms with Crippen molar-refractivity contribution in [3.05, 3.63) is 0 Å². The van der Waals surface area contributed by atoms with Crippen molar-refractivity contribution in [3.63, 3.8) is 0 Å². The maximum Gasteiger partial charge on any atom is 0.307 e. The van der Waals surface area contributed by atoms with Crippen LogP contribution in [0.5, 0.6) is 0 Å². The van der Waals surface area contributed by atoms with Crippen LogP contribution in [0.25, 0.3) is 0 Å². The molecule has 0 saturated carbocycles. The van der Waals surface area contributed by atoms with Crippen LogP contribution in [0.3, 0.4) is 0 Å². The largest absolute Gasteiger partial charge is 0.481 e. The Morgan fingerprint density at radius 2 is 1.93 bits per heavy atom. The Bertz CT molecular complexity index is 240. The smallest absolute Gasteiger partial charge is 0.307 e. The summed E-state index contributed by atoms with van der Waals surface area (Å²) < 4.78 is 0. The van der Waals surface area contributed by atoms with Gasteiger partial charge in [-0.25, -0.2) is 0 Å². The average Bonchev–Trinajstić information content (AvgIpc) is 2.24. The monoisotopic (exact) mass is 199 g/mol. The van der Waals surface area contributed by atoms with E-state index in [1.54, 1.807) is 0 Å². The number of rotatable bonds is 1. The predicted molar refractivity (Wildman–Crippen MR) is 56.3 cm³/mol. The fourth-order valence-electron chi connectivity index (χ4n) is 2.59. The van der Waals surface area contributed by atoms with Crippen molar-refractivity contribution >= 4 is 5.97 Å². The van der Waals surface area contributed by atoms with Gasteiger partial charge in [0.05, 0.1) is 5.92 Å². The number of carboxylic acids is 1. The fourth-order valence-corrected chi connectivity index (χ4v) is 2.59. The SMILES string of the molecule is CC(C)(C)N1C[C@@H](C(=O)O)CC1(C)C. The molecule has 0 spiro atoms. The number of likely N-dealkylation sites (tertiary alicyclic amines) is 1. The highest BCUT2D eigenvalue weighted by atomic mass is 16.4. The summed E-state index contributed by atoms with van der Waals surface area (Å²) in [6.07, 6.45) is 0.750. The van der Waals surface area contributed by atoms with Gasteiger partial charge in [-0.3, -0.25) is 9.69 Å². The number of carboxylic acid groups (broad SMARTS) is 1. The summed E-state index contributed by atoms with van der Waals surface area (Å²) in [7, 11) is 0. The molecule has 1 heterocycles. The molecule has 1 fully saturated rings. The molecule has 1 saturated heterocycles. The van der Waals surface area contributed by atoms with Crippen molar-refractivity contribution in [3.8, 4) is 0 Å². The molecule has 0 amide bonds. The summed E-state index contributed by atoms with van der Waals surface area (Å²) in [4.78, 5) is 13.2. The van der Waals surface area contributed by atoms with Gasteiger partial charge in [0.15, 0.2) is 0 Å². The van der Waals surface area contributed by atoms with Gasteiger partial charge in [0.1, 0.15) is 0 Å². The molecular formula is C11H21NO2. The Balaban J connectivity index is 2.85. The van der Waals surface area contributed by atoms with Gasteiger partial charge in [-0.2, -0.15) is 0 Å².